The zero-order valence-electron chi connectivity index (χ0n) is 10.7. The van der Waals surface area contributed by atoms with Gasteiger partial charge in [0.2, 0.25) is 0 Å². The standard InChI is InChI=1S/C12H22N2O3/c1-3-14(9-11(15)17-4-2)12(16)13-10-7-5-6-8-10/h10H,3-9H2,1-2H3,(H,13,16). The van der Waals surface area contributed by atoms with E-state index in [1.807, 2.05) is 6.92 Å². The zero-order valence-corrected chi connectivity index (χ0v) is 10.7. The fourth-order valence-corrected chi connectivity index (χ4v) is 2.03. The van der Waals surface area contributed by atoms with Crippen molar-refractivity contribution in [1.29, 1.82) is 0 Å². The van der Waals surface area contributed by atoms with Gasteiger partial charge in [-0.25, -0.2) is 4.79 Å². The molecule has 1 saturated carbocycles. The van der Waals surface area contributed by atoms with Crippen LogP contribution in [0.5, 0.6) is 0 Å². The third kappa shape index (κ3) is 4.63. The van der Waals surface area contributed by atoms with Gasteiger partial charge in [-0.05, 0) is 26.7 Å². The molecule has 1 fully saturated rings. The summed E-state index contributed by atoms with van der Waals surface area (Å²) in [5.41, 5.74) is 0. The van der Waals surface area contributed by atoms with E-state index >= 15 is 0 Å². The molecule has 5 nitrogen and oxygen atoms in total. The summed E-state index contributed by atoms with van der Waals surface area (Å²) >= 11 is 0. The molecular formula is C12H22N2O3. The van der Waals surface area contributed by atoms with Gasteiger partial charge in [0.05, 0.1) is 6.61 Å². The number of carbonyl (C=O) groups is 2. The highest BCUT2D eigenvalue weighted by atomic mass is 16.5. The Morgan fingerprint density at radius 3 is 2.47 bits per heavy atom. The molecule has 5 heteroatoms. The van der Waals surface area contributed by atoms with Gasteiger partial charge >= 0.3 is 12.0 Å². The Labute approximate surface area is 102 Å². The number of amides is 2. The molecule has 98 valence electrons. The molecule has 0 aromatic heterocycles. The molecule has 17 heavy (non-hydrogen) atoms. The Bertz CT molecular complexity index is 262. The van der Waals surface area contributed by atoms with Crippen LogP contribution in [0, 0.1) is 0 Å². The van der Waals surface area contributed by atoms with Crippen LogP contribution in [-0.4, -0.2) is 42.6 Å². The summed E-state index contributed by atoms with van der Waals surface area (Å²) in [6, 6.07) is 0.117. The monoisotopic (exact) mass is 242 g/mol. The van der Waals surface area contributed by atoms with Crippen molar-refractivity contribution in [3.8, 4) is 0 Å². The fraction of sp³-hybridized carbons (Fsp3) is 0.833. The highest BCUT2D eigenvalue weighted by Gasteiger charge is 2.21. The highest BCUT2D eigenvalue weighted by Crippen LogP contribution is 2.17. The smallest absolute Gasteiger partial charge is 0.325 e. The summed E-state index contributed by atoms with van der Waals surface area (Å²) in [5, 5.41) is 2.96. The quantitative estimate of drug-likeness (QED) is 0.744. The summed E-state index contributed by atoms with van der Waals surface area (Å²) in [6.45, 7) is 4.50. The van der Waals surface area contributed by atoms with Crippen molar-refractivity contribution in [2.75, 3.05) is 19.7 Å². The van der Waals surface area contributed by atoms with E-state index in [0.717, 1.165) is 12.8 Å². The van der Waals surface area contributed by atoms with Crippen molar-refractivity contribution in [2.24, 2.45) is 0 Å². The van der Waals surface area contributed by atoms with Gasteiger partial charge < -0.3 is 15.0 Å². The van der Waals surface area contributed by atoms with Crippen LogP contribution in [-0.2, 0) is 9.53 Å². The predicted octanol–water partition coefficient (Wildman–Crippen LogP) is 1.52. The highest BCUT2D eigenvalue weighted by molar-refractivity contribution is 5.81. The molecule has 0 aromatic rings. The molecular weight excluding hydrogens is 220 g/mol. The number of hydrogen-bond donors (Lipinski definition) is 1. The average Bonchev–Trinajstić information content (AvgIpc) is 2.78. The lowest BCUT2D eigenvalue weighted by Gasteiger charge is -2.22. The van der Waals surface area contributed by atoms with Crippen molar-refractivity contribution in [1.82, 2.24) is 10.2 Å². The number of rotatable bonds is 5. The van der Waals surface area contributed by atoms with Crippen LogP contribution < -0.4 is 5.32 Å². The van der Waals surface area contributed by atoms with Crippen LogP contribution in [0.15, 0.2) is 0 Å². The molecule has 1 N–H and O–H groups in total. The Morgan fingerprint density at radius 1 is 1.29 bits per heavy atom. The minimum absolute atomic E-state index is 0.0306. The van der Waals surface area contributed by atoms with Gasteiger partial charge in [0.15, 0.2) is 0 Å². The summed E-state index contributed by atoms with van der Waals surface area (Å²) in [4.78, 5) is 24.7. The maximum absolute atomic E-state index is 11.9. The Hall–Kier alpha value is -1.26. The molecule has 1 aliphatic rings. The topological polar surface area (TPSA) is 58.6 Å². The SMILES string of the molecule is CCOC(=O)CN(CC)C(=O)NC1CCCC1. The van der Waals surface area contributed by atoms with E-state index in [-0.39, 0.29) is 24.6 Å². The third-order valence-corrected chi connectivity index (χ3v) is 2.98. The number of ether oxygens (including phenoxy) is 1. The van der Waals surface area contributed by atoms with Crippen molar-refractivity contribution < 1.29 is 14.3 Å². The van der Waals surface area contributed by atoms with Gasteiger partial charge in [-0.15, -0.1) is 0 Å². The first kappa shape index (κ1) is 13.8. The molecule has 0 unspecified atom stereocenters. The maximum atomic E-state index is 11.9. The van der Waals surface area contributed by atoms with Gasteiger partial charge in [0, 0.05) is 12.6 Å². The van der Waals surface area contributed by atoms with Crippen LogP contribution in [0.1, 0.15) is 39.5 Å². The van der Waals surface area contributed by atoms with Crippen LogP contribution in [0.2, 0.25) is 0 Å². The molecule has 1 rings (SSSR count). The van der Waals surface area contributed by atoms with E-state index in [9.17, 15) is 9.59 Å². The second-order valence-electron chi connectivity index (χ2n) is 4.25. The normalized spacial score (nSPS) is 15.6. The summed E-state index contributed by atoms with van der Waals surface area (Å²) < 4.78 is 4.83. The van der Waals surface area contributed by atoms with Crippen LogP contribution in [0.25, 0.3) is 0 Å². The molecule has 0 aliphatic heterocycles. The third-order valence-electron chi connectivity index (χ3n) is 2.98. The van der Waals surface area contributed by atoms with Gasteiger partial charge in [-0.1, -0.05) is 12.8 Å². The van der Waals surface area contributed by atoms with Gasteiger partial charge in [-0.2, -0.15) is 0 Å². The second-order valence-corrected chi connectivity index (χ2v) is 4.25. The maximum Gasteiger partial charge on any atom is 0.325 e. The lowest BCUT2D eigenvalue weighted by atomic mass is 10.2. The Balaban J connectivity index is 2.37. The van der Waals surface area contributed by atoms with E-state index in [0.29, 0.717) is 13.2 Å². The lowest BCUT2D eigenvalue weighted by molar-refractivity contribution is -0.143. The summed E-state index contributed by atoms with van der Waals surface area (Å²) in [6.07, 6.45) is 4.44. The Morgan fingerprint density at radius 2 is 1.94 bits per heavy atom. The first-order valence-corrected chi connectivity index (χ1v) is 6.38. The molecule has 0 spiro atoms. The van der Waals surface area contributed by atoms with Crippen LogP contribution in [0.3, 0.4) is 0 Å². The average molecular weight is 242 g/mol. The first-order valence-electron chi connectivity index (χ1n) is 6.38. The number of nitrogens with one attached hydrogen (secondary N) is 1. The fourth-order valence-electron chi connectivity index (χ4n) is 2.03. The lowest BCUT2D eigenvalue weighted by Crippen LogP contribution is -2.46. The molecule has 0 atom stereocenters. The van der Waals surface area contributed by atoms with Gasteiger partial charge in [0.25, 0.3) is 0 Å². The largest absolute Gasteiger partial charge is 0.465 e. The molecule has 0 radical (unpaired) electrons. The van der Waals surface area contributed by atoms with Crippen molar-refractivity contribution in [3.05, 3.63) is 0 Å². The number of esters is 1. The van der Waals surface area contributed by atoms with E-state index in [1.54, 1.807) is 6.92 Å². The minimum atomic E-state index is -0.351. The molecule has 0 heterocycles. The molecule has 0 bridgehead atoms. The van der Waals surface area contributed by atoms with E-state index < -0.39 is 0 Å². The van der Waals surface area contributed by atoms with Crippen molar-refractivity contribution in [3.63, 3.8) is 0 Å². The van der Waals surface area contributed by atoms with Gasteiger partial charge in [0.1, 0.15) is 6.54 Å². The number of carbonyl (C=O) groups excluding carboxylic acids is 2. The van der Waals surface area contributed by atoms with E-state index in [4.69, 9.17) is 4.74 Å². The van der Waals surface area contributed by atoms with Crippen LogP contribution >= 0.6 is 0 Å². The molecule has 1 aliphatic carbocycles. The zero-order chi connectivity index (χ0) is 12.7. The van der Waals surface area contributed by atoms with Gasteiger partial charge in [-0.3, -0.25) is 4.79 Å². The van der Waals surface area contributed by atoms with E-state index in [1.165, 1.54) is 17.7 Å². The second kappa shape index (κ2) is 7.14. The summed E-state index contributed by atoms with van der Waals surface area (Å²) in [7, 11) is 0. The number of hydrogen-bond acceptors (Lipinski definition) is 3. The molecule has 0 aromatic carbocycles. The number of likely N-dealkylation sites (N-methyl/N-ethyl adjacent to an activating group) is 1. The molecule has 2 amide bonds. The summed E-state index contributed by atoms with van der Waals surface area (Å²) in [5.74, 6) is -0.351. The number of nitrogens with zero attached hydrogens (tertiary/aromatic N) is 1. The molecule has 0 saturated heterocycles. The van der Waals surface area contributed by atoms with Crippen molar-refractivity contribution in [2.45, 2.75) is 45.6 Å². The minimum Gasteiger partial charge on any atom is -0.465 e. The first-order chi connectivity index (χ1) is 8.17. The number of urea groups is 1. The van der Waals surface area contributed by atoms with Crippen LogP contribution in [0.4, 0.5) is 4.79 Å². The van der Waals surface area contributed by atoms with E-state index in [2.05, 4.69) is 5.32 Å². The predicted molar refractivity (Wildman–Crippen MR) is 64.7 cm³/mol. The van der Waals surface area contributed by atoms with Crippen molar-refractivity contribution >= 4 is 12.0 Å². The Kier molecular flexibility index (Phi) is 5.80.